The Kier molecular flexibility index (Phi) is 8.38. The Balaban J connectivity index is 1.72. The minimum atomic E-state index is -0.809. The predicted molar refractivity (Wildman–Crippen MR) is 159 cm³/mol. The van der Waals surface area contributed by atoms with E-state index < -0.39 is 12.0 Å². The number of esters is 1. The Morgan fingerprint density at radius 2 is 2.02 bits per heavy atom. The second-order valence-corrected chi connectivity index (χ2v) is 11.1. The van der Waals surface area contributed by atoms with Crippen LogP contribution in [0.15, 0.2) is 84.5 Å². The van der Waals surface area contributed by atoms with Gasteiger partial charge in [0, 0.05) is 21.7 Å². The molecule has 1 aliphatic rings. The Labute approximate surface area is 248 Å². The fraction of sp³-hybridized carbons (Fsp3) is 0.226. The largest absolute Gasteiger partial charge is 0.496 e. The van der Waals surface area contributed by atoms with E-state index >= 15 is 0 Å². The van der Waals surface area contributed by atoms with E-state index in [1.807, 2.05) is 31.2 Å². The van der Waals surface area contributed by atoms with E-state index in [9.17, 15) is 14.9 Å². The number of benzene rings is 2. The van der Waals surface area contributed by atoms with Gasteiger partial charge in [0.1, 0.15) is 23.3 Å². The second kappa shape index (κ2) is 12.1. The maximum atomic E-state index is 14.0. The lowest BCUT2D eigenvalue weighted by Crippen LogP contribution is -2.40. The number of fused-ring (bicyclic) bond motifs is 1. The molecular formula is C31H26BrN3O5S. The van der Waals surface area contributed by atoms with E-state index in [4.69, 9.17) is 18.9 Å². The summed E-state index contributed by atoms with van der Waals surface area (Å²) >= 11 is 4.75. The molecule has 4 aromatic rings. The normalized spacial score (nSPS) is 14.8. The summed E-state index contributed by atoms with van der Waals surface area (Å²) in [5, 5.41) is 9.48. The van der Waals surface area contributed by atoms with Crippen molar-refractivity contribution in [2.75, 3.05) is 13.7 Å². The first-order chi connectivity index (χ1) is 19.9. The number of furan rings is 1. The van der Waals surface area contributed by atoms with Crippen molar-refractivity contribution >= 4 is 39.3 Å². The number of allylic oxidation sites excluding steroid dienone is 1. The highest BCUT2D eigenvalue weighted by Crippen LogP contribution is 2.38. The summed E-state index contributed by atoms with van der Waals surface area (Å²) in [5.41, 5.74) is 2.37. The van der Waals surface area contributed by atoms with Crippen LogP contribution >= 0.6 is 27.3 Å². The van der Waals surface area contributed by atoms with Crippen LogP contribution in [0.25, 0.3) is 17.4 Å². The molecule has 0 bridgehead atoms. The zero-order chi connectivity index (χ0) is 29.1. The summed E-state index contributed by atoms with van der Waals surface area (Å²) in [6.45, 7) is 3.94. The first-order valence-corrected chi connectivity index (χ1v) is 14.7. The van der Waals surface area contributed by atoms with E-state index in [0.29, 0.717) is 61.0 Å². The van der Waals surface area contributed by atoms with Crippen LogP contribution in [0, 0.1) is 11.3 Å². The lowest BCUT2D eigenvalue weighted by atomic mass is 9.93. The number of nitrogens with zero attached hydrogens (tertiary/aromatic N) is 3. The van der Waals surface area contributed by atoms with Gasteiger partial charge in [-0.1, -0.05) is 52.7 Å². The Bertz CT molecular complexity index is 1890. The number of methoxy groups -OCH3 is 1. The molecular weight excluding hydrogens is 606 g/mol. The number of thiazole rings is 1. The molecule has 8 nitrogen and oxygen atoms in total. The van der Waals surface area contributed by atoms with Crippen LogP contribution in [-0.4, -0.2) is 24.3 Å². The average Bonchev–Trinajstić information content (AvgIpc) is 3.56. The van der Waals surface area contributed by atoms with Crippen molar-refractivity contribution in [3.05, 3.63) is 107 Å². The molecule has 2 aromatic carbocycles. The number of carbonyl (C=O) groups is 1. The molecule has 5 rings (SSSR count). The Hall–Kier alpha value is -4.20. The van der Waals surface area contributed by atoms with Gasteiger partial charge < -0.3 is 13.9 Å². The number of aromatic nitrogens is 1. The smallest absolute Gasteiger partial charge is 0.338 e. The number of nitriles is 1. The van der Waals surface area contributed by atoms with Crippen molar-refractivity contribution < 1.29 is 18.7 Å². The van der Waals surface area contributed by atoms with E-state index in [2.05, 4.69) is 22.0 Å². The van der Waals surface area contributed by atoms with Crippen LogP contribution < -0.4 is 19.6 Å². The molecule has 2 aromatic heterocycles. The minimum absolute atomic E-state index is 0.185. The van der Waals surface area contributed by atoms with E-state index in [0.717, 1.165) is 10.9 Å². The molecule has 10 heteroatoms. The van der Waals surface area contributed by atoms with Gasteiger partial charge in [0.2, 0.25) is 0 Å². The van der Waals surface area contributed by atoms with Crippen LogP contribution in [0.5, 0.6) is 5.75 Å². The van der Waals surface area contributed by atoms with Gasteiger partial charge in [0.25, 0.3) is 5.56 Å². The number of rotatable bonds is 8. The van der Waals surface area contributed by atoms with Gasteiger partial charge >= 0.3 is 5.97 Å². The summed E-state index contributed by atoms with van der Waals surface area (Å²) in [6, 6.07) is 17.5. The number of ether oxygens (including phenoxy) is 2. The fourth-order valence-corrected chi connectivity index (χ4v) is 6.21. The van der Waals surface area contributed by atoms with Crippen LogP contribution in [0.1, 0.15) is 49.6 Å². The molecule has 0 unspecified atom stereocenters. The summed E-state index contributed by atoms with van der Waals surface area (Å²) in [5.74, 6) is 0.979. The van der Waals surface area contributed by atoms with Gasteiger partial charge in [-0.2, -0.15) is 5.26 Å². The molecule has 1 aliphatic heterocycles. The monoisotopic (exact) mass is 631 g/mol. The highest BCUT2D eigenvalue weighted by molar-refractivity contribution is 9.10. The van der Waals surface area contributed by atoms with Crippen molar-refractivity contribution in [3.8, 4) is 23.1 Å². The van der Waals surface area contributed by atoms with E-state index in [-0.39, 0.29) is 12.2 Å². The third-order valence-electron chi connectivity index (χ3n) is 6.59. The standard InChI is InChI=1S/C31H26BrN3O5S/c1-4-8-23-27(30(37)39-5-2)28(22-15-19(32)11-13-24(22)38-3)35-29(36)26(41-31(35)34-23)16-20-12-14-25(40-20)21-10-7-6-9-18(21)17-33/h6-7,9-16,28H,4-5,8H2,1-3H3/b26-16+/t28-/m0/s1. The SMILES string of the molecule is CCCC1=C(C(=O)OCC)[C@H](c2cc(Br)ccc2OC)n2c(s/c(=C/c3ccc(-c4ccccc4C#N)o3)c2=O)=N1. The summed E-state index contributed by atoms with van der Waals surface area (Å²) in [6.07, 6.45) is 2.94. The summed E-state index contributed by atoms with van der Waals surface area (Å²) < 4.78 is 19.9. The molecule has 0 amide bonds. The quantitative estimate of drug-likeness (QED) is 0.238. The zero-order valence-electron chi connectivity index (χ0n) is 22.6. The molecule has 208 valence electrons. The van der Waals surface area contributed by atoms with Crippen molar-refractivity contribution in [3.63, 3.8) is 0 Å². The van der Waals surface area contributed by atoms with Gasteiger partial charge in [-0.05, 0) is 55.8 Å². The van der Waals surface area contributed by atoms with Crippen molar-refractivity contribution in [1.29, 1.82) is 5.26 Å². The third-order valence-corrected chi connectivity index (χ3v) is 8.07. The van der Waals surface area contributed by atoms with E-state index in [1.54, 1.807) is 50.4 Å². The predicted octanol–water partition coefficient (Wildman–Crippen LogP) is 5.48. The van der Waals surface area contributed by atoms with Crippen LogP contribution in [0.2, 0.25) is 0 Å². The molecule has 41 heavy (non-hydrogen) atoms. The molecule has 0 aliphatic carbocycles. The molecule has 1 atom stereocenters. The maximum absolute atomic E-state index is 14.0. The van der Waals surface area contributed by atoms with Gasteiger partial charge in [0.15, 0.2) is 4.80 Å². The Morgan fingerprint density at radius 1 is 1.22 bits per heavy atom. The molecule has 0 saturated heterocycles. The lowest BCUT2D eigenvalue weighted by Gasteiger charge is -2.27. The van der Waals surface area contributed by atoms with Gasteiger partial charge in [-0.25, -0.2) is 9.79 Å². The number of carbonyl (C=O) groups excluding carboxylic acids is 1. The summed E-state index contributed by atoms with van der Waals surface area (Å²) in [4.78, 5) is 32.7. The lowest BCUT2D eigenvalue weighted by molar-refractivity contribution is -0.139. The fourth-order valence-electron chi connectivity index (χ4n) is 4.83. The highest BCUT2D eigenvalue weighted by atomic mass is 79.9. The van der Waals surface area contributed by atoms with Crippen LogP contribution in [0.4, 0.5) is 0 Å². The highest BCUT2D eigenvalue weighted by Gasteiger charge is 2.36. The number of hydrogen-bond donors (Lipinski definition) is 0. The van der Waals surface area contributed by atoms with Crippen molar-refractivity contribution in [1.82, 2.24) is 4.57 Å². The molecule has 0 radical (unpaired) electrons. The van der Waals surface area contributed by atoms with Crippen molar-refractivity contribution in [2.45, 2.75) is 32.7 Å². The molecule has 0 N–H and O–H groups in total. The zero-order valence-corrected chi connectivity index (χ0v) is 25.0. The van der Waals surface area contributed by atoms with Gasteiger partial charge in [0.05, 0.1) is 41.2 Å². The minimum Gasteiger partial charge on any atom is -0.496 e. The molecule has 0 fully saturated rings. The van der Waals surface area contributed by atoms with E-state index in [1.165, 1.54) is 15.9 Å². The average molecular weight is 633 g/mol. The first kappa shape index (κ1) is 28.3. The van der Waals surface area contributed by atoms with Gasteiger partial charge in [-0.3, -0.25) is 9.36 Å². The number of halogens is 1. The maximum Gasteiger partial charge on any atom is 0.338 e. The summed E-state index contributed by atoms with van der Waals surface area (Å²) in [7, 11) is 1.55. The first-order valence-electron chi connectivity index (χ1n) is 13.0. The number of hydrogen-bond acceptors (Lipinski definition) is 8. The topological polar surface area (TPSA) is 107 Å². The molecule has 0 saturated carbocycles. The van der Waals surface area contributed by atoms with Gasteiger partial charge in [-0.15, -0.1) is 0 Å². The van der Waals surface area contributed by atoms with Crippen LogP contribution in [-0.2, 0) is 9.53 Å². The third kappa shape index (κ3) is 5.43. The van der Waals surface area contributed by atoms with Crippen molar-refractivity contribution in [2.24, 2.45) is 4.99 Å². The van der Waals surface area contributed by atoms with Crippen LogP contribution in [0.3, 0.4) is 0 Å². The molecule has 0 spiro atoms. The molecule has 3 heterocycles. The Morgan fingerprint density at radius 3 is 2.76 bits per heavy atom. The second-order valence-electron chi connectivity index (χ2n) is 9.16.